The van der Waals surface area contributed by atoms with E-state index in [0.29, 0.717) is 18.9 Å². The summed E-state index contributed by atoms with van der Waals surface area (Å²) in [7, 11) is 0. The van der Waals surface area contributed by atoms with Crippen LogP contribution in [0, 0.1) is 5.92 Å². The Labute approximate surface area is 156 Å². The summed E-state index contributed by atoms with van der Waals surface area (Å²) in [5, 5.41) is 3.53. The zero-order chi connectivity index (χ0) is 18.9. The molecule has 0 fully saturated rings. The summed E-state index contributed by atoms with van der Waals surface area (Å²) in [5.74, 6) is 0.380. The van der Waals surface area contributed by atoms with E-state index in [1.807, 2.05) is 13.0 Å². The first-order valence-corrected chi connectivity index (χ1v) is 9.95. The fraction of sp³-hybridized carbons (Fsp3) is 0.650. The fourth-order valence-electron chi connectivity index (χ4n) is 2.61. The van der Waals surface area contributed by atoms with Crippen LogP contribution in [0.3, 0.4) is 0 Å². The number of carbonyl (C=O) groups is 1. The minimum Gasteiger partial charge on any atom is -0.466 e. The number of carbonyl (C=O) groups excluding carboxylic acids is 1. The first-order chi connectivity index (χ1) is 11.8. The maximum Gasteiger partial charge on any atom is 0.305 e. The summed E-state index contributed by atoms with van der Waals surface area (Å²) in [6.07, 6.45) is 3.38. The smallest absolute Gasteiger partial charge is 0.305 e. The summed E-state index contributed by atoms with van der Waals surface area (Å²) >= 11 is 0.790. The van der Waals surface area contributed by atoms with Gasteiger partial charge in [0.1, 0.15) is 0 Å². The monoisotopic (exact) mass is 367 g/mol. The Kier molecular flexibility index (Phi) is 9.36. The number of hydrogen-bond acceptors (Lipinski definition) is 5. The van der Waals surface area contributed by atoms with E-state index in [9.17, 15) is 9.35 Å². The molecule has 2 N–H and O–H groups in total. The van der Waals surface area contributed by atoms with Crippen molar-refractivity contribution in [3.63, 3.8) is 0 Å². The molecule has 1 aromatic carbocycles. The average molecular weight is 368 g/mol. The Morgan fingerprint density at radius 2 is 2.00 bits per heavy atom. The number of nitrogens with one attached hydrogen (secondary N) is 1. The summed E-state index contributed by atoms with van der Waals surface area (Å²) in [4.78, 5) is 12.2. The lowest BCUT2D eigenvalue weighted by Gasteiger charge is -2.32. The highest BCUT2D eigenvalue weighted by Crippen LogP contribution is 2.38. The minimum absolute atomic E-state index is 0.0119. The lowest BCUT2D eigenvalue weighted by molar-refractivity contribution is -0.143. The van der Waals surface area contributed by atoms with Crippen molar-refractivity contribution < 1.29 is 14.1 Å². The molecular formula is C20H33NO3S. The number of benzene rings is 1. The molecule has 0 saturated heterocycles. The van der Waals surface area contributed by atoms with Gasteiger partial charge in [0.05, 0.1) is 6.61 Å². The molecule has 4 nitrogen and oxygen atoms in total. The van der Waals surface area contributed by atoms with Crippen LogP contribution in [-0.2, 0) is 14.9 Å². The Morgan fingerprint density at radius 3 is 2.60 bits per heavy atom. The van der Waals surface area contributed by atoms with Crippen LogP contribution in [0.5, 0.6) is 0 Å². The largest absolute Gasteiger partial charge is 0.466 e. The predicted octanol–water partition coefficient (Wildman–Crippen LogP) is 5.72. The molecule has 0 saturated carbocycles. The quantitative estimate of drug-likeness (QED) is 0.297. The third-order valence-electron chi connectivity index (χ3n) is 4.91. The molecule has 0 spiro atoms. The van der Waals surface area contributed by atoms with Crippen LogP contribution >= 0.6 is 12.0 Å². The molecule has 0 heterocycles. The predicted molar refractivity (Wildman–Crippen MR) is 106 cm³/mol. The average Bonchev–Trinajstić information content (AvgIpc) is 2.58. The molecule has 5 heteroatoms. The van der Waals surface area contributed by atoms with Crippen molar-refractivity contribution >= 4 is 23.7 Å². The van der Waals surface area contributed by atoms with Crippen LogP contribution in [0.15, 0.2) is 23.1 Å². The number of esters is 1. The topological polar surface area (TPSA) is 58.6 Å². The summed E-state index contributed by atoms with van der Waals surface area (Å²) in [6, 6.07) is 6.07. The molecule has 0 radical (unpaired) electrons. The summed E-state index contributed by atoms with van der Waals surface area (Å²) < 4.78 is 14.3. The second-order valence-corrected chi connectivity index (χ2v) is 7.87. The van der Waals surface area contributed by atoms with E-state index < -0.39 is 0 Å². The second kappa shape index (κ2) is 10.7. The maximum atomic E-state index is 11.3. The van der Waals surface area contributed by atoms with Gasteiger partial charge in [-0.1, -0.05) is 34.1 Å². The molecule has 142 valence electrons. The third kappa shape index (κ3) is 6.90. The van der Waals surface area contributed by atoms with Gasteiger partial charge in [-0.25, -0.2) is 0 Å². The fourth-order valence-corrected chi connectivity index (χ4v) is 2.91. The number of hydrogen-bond donors (Lipinski definition) is 2. The summed E-state index contributed by atoms with van der Waals surface area (Å²) in [5.41, 5.74) is 2.37. The molecule has 0 aromatic heterocycles. The van der Waals surface area contributed by atoms with Gasteiger partial charge in [0.2, 0.25) is 0 Å². The minimum atomic E-state index is -0.103. The Bertz CT molecular complexity index is 544. The van der Waals surface area contributed by atoms with E-state index in [2.05, 4.69) is 45.1 Å². The van der Waals surface area contributed by atoms with Crippen molar-refractivity contribution in [1.82, 2.24) is 0 Å². The molecule has 0 aliphatic heterocycles. The van der Waals surface area contributed by atoms with E-state index >= 15 is 0 Å². The Balaban J connectivity index is 2.59. The van der Waals surface area contributed by atoms with Crippen LogP contribution < -0.4 is 5.32 Å². The molecule has 0 atom stereocenters. The van der Waals surface area contributed by atoms with Crippen molar-refractivity contribution in [2.24, 2.45) is 5.92 Å². The number of unbranched alkanes of at least 4 members (excludes halogenated alkanes) is 2. The Hall–Kier alpha value is -1.20. The highest BCUT2D eigenvalue weighted by Gasteiger charge is 2.27. The van der Waals surface area contributed by atoms with Gasteiger partial charge < -0.3 is 14.6 Å². The zero-order valence-corrected chi connectivity index (χ0v) is 17.0. The first kappa shape index (κ1) is 21.8. The van der Waals surface area contributed by atoms with Gasteiger partial charge in [-0.2, -0.15) is 0 Å². The lowest BCUT2D eigenvalue weighted by atomic mass is 9.74. The molecule has 0 aliphatic rings. The highest BCUT2D eigenvalue weighted by atomic mass is 32.2. The Morgan fingerprint density at radius 1 is 1.28 bits per heavy atom. The SMILES string of the molecule is CCOC(=O)CCCCCNc1ccc(SO)cc1C(C)(C)C(C)C. The zero-order valence-electron chi connectivity index (χ0n) is 16.2. The van der Waals surface area contributed by atoms with Crippen molar-refractivity contribution in [1.29, 1.82) is 0 Å². The van der Waals surface area contributed by atoms with Crippen LogP contribution in [0.4, 0.5) is 5.69 Å². The van der Waals surface area contributed by atoms with Crippen LogP contribution in [-0.4, -0.2) is 23.7 Å². The normalized spacial score (nSPS) is 11.6. The van der Waals surface area contributed by atoms with Gasteiger partial charge in [0.25, 0.3) is 0 Å². The van der Waals surface area contributed by atoms with Gasteiger partial charge in [0, 0.05) is 35.6 Å². The van der Waals surface area contributed by atoms with Crippen molar-refractivity contribution in [3.05, 3.63) is 23.8 Å². The van der Waals surface area contributed by atoms with E-state index in [1.54, 1.807) is 0 Å². The van der Waals surface area contributed by atoms with Gasteiger partial charge >= 0.3 is 5.97 Å². The van der Waals surface area contributed by atoms with Gasteiger partial charge in [0.15, 0.2) is 0 Å². The number of ether oxygens (including phenoxy) is 1. The van der Waals surface area contributed by atoms with E-state index in [1.165, 1.54) is 5.56 Å². The standard InChI is InChI=1S/C20H33NO3S/c1-6-24-19(22)10-8-7-9-13-21-18-12-11-16(25-23)14-17(18)20(4,5)15(2)3/h11-12,14-15,21,23H,6-10,13H2,1-5H3. The van der Waals surface area contributed by atoms with E-state index in [0.717, 1.165) is 48.4 Å². The molecule has 0 bridgehead atoms. The van der Waals surface area contributed by atoms with E-state index in [4.69, 9.17) is 4.74 Å². The number of rotatable bonds is 11. The molecule has 1 aromatic rings. The molecular weight excluding hydrogens is 334 g/mol. The van der Waals surface area contributed by atoms with E-state index in [-0.39, 0.29) is 11.4 Å². The van der Waals surface area contributed by atoms with Crippen LogP contribution in [0.1, 0.15) is 65.9 Å². The molecule has 0 aliphatic carbocycles. The molecule has 1 rings (SSSR count). The second-order valence-electron chi connectivity index (χ2n) is 7.22. The van der Waals surface area contributed by atoms with Gasteiger partial charge in [-0.15, -0.1) is 0 Å². The third-order valence-corrected chi connectivity index (χ3v) is 5.38. The maximum absolute atomic E-state index is 11.3. The summed E-state index contributed by atoms with van der Waals surface area (Å²) in [6.45, 7) is 12.1. The molecule has 0 unspecified atom stereocenters. The highest BCUT2D eigenvalue weighted by molar-refractivity contribution is 7.93. The van der Waals surface area contributed by atoms with Crippen molar-refractivity contribution in [3.8, 4) is 0 Å². The van der Waals surface area contributed by atoms with Gasteiger partial charge in [-0.05, 0) is 54.9 Å². The van der Waals surface area contributed by atoms with Gasteiger partial charge in [-0.3, -0.25) is 4.79 Å². The van der Waals surface area contributed by atoms with Crippen molar-refractivity contribution in [2.75, 3.05) is 18.5 Å². The lowest BCUT2D eigenvalue weighted by Crippen LogP contribution is -2.26. The molecule has 0 amide bonds. The molecule has 25 heavy (non-hydrogen) atoms. The van der Waals surface area contributed by atoms with Crippen LogP contribution in [0.2, 0.25) is 0 Å². The van der Waals surface area contributed by atoms with Crippen LogP contribution in [0.25, 0.3) is 0 Å². The van der Waals surface area contributed by atoms with Crippen molar-refractivity contribution in [2.45, 2.75) is 70.6 Å². The number of anilines is 1. The first-order valence-electron chi connectivity index (χ1n) is 9.18.